The zero-order valence-corrected chi connectivity index (χ0v) is 15.1. The Morgan fingerprint density at radius 3 is 2.39 bits per heavy atom. The van der Waals surface area contributed by atoms with E-state index in [0.29, 0.717) is 0 Å². The van der Waals surface area contributed by atoms with Crippen LogP contribution in [0.25, 0.3) is 0 Å². The van der Waals surface area contributed by atoms with Crippen LogP contribution in [0.5, 0.6) is 0 Å². The van der Waals surface area contributed by atoms with Crippen LogP contribution in [0.2, 0.25) is 0 Å². The molecule has 18 heavy (non-hydrogen) atoms. The Balaban J connectivity index is 2.18. The van der Waals surface area contributed by atoms with Gasteiger partial charge in [0, 0.05) is 18.6 Å². The summed E-state index contributed by atoms with van der Waals surface area (Å²) in [4.78, 5) is 0. The molecule has 2 aromatic rings. The smallest absolute Gasteiger partial charge is 0.0500 e. The van der Waals surface area contributed by atoms with Gasteiger partial charge in [-0.25, -0.2) is 0 Å². The summed E-state index contributed by atoms with van der Waals surface area (Å²) in [6, 6.07) is 15.0. The van der Waals surface area contributed by atoms with Crippen LogP contribution in [0.15, 0.2) is 51.4 Å². The molecule has 0 aliphatic carbocycles. The zero-order chi connectivity index (χ0) is 13.1. The van der Waals surface area contributed by atoms with Crippen LogP contribution in [-0.4, -0.2) is 0 Å². The van der Waals surface area contributed by atoms with Crippen LogP contribution in [0.3, 0.4) is 0 Å². The Labute approximate surface area is 138 Å². The Kier molecular flexibility index (Phi) is 5.09. The minimum absolute atomic E-state index is 0.271. The van der Waals surface area contributed by atoms with Gasteiger partial charge >= 0.3 is 0 Å². The molecule has 2 aromatic carbocycles. The van der Waals surface area contributed by atoms with Gasteiger partial charge < -0.3 is 5.32 Å². The third-order valence-electron chi connectivity index (χ3n) is 2.67. The van der Waals surface area contributed by atoms with Gasteiger partial charge in [0.15, 0.2) is 0 Å². The first kappa shape index (κ1) is 14.3. The Morgan fingerprint density at radius 1 is 1.06 bits per heavy atom. The Hall–Kier alpha value is -0.0700. The molecule has 0 saturated carbocycles. The fourth-order valence-corrected chi connectivity index (χ4v) is 2.76. The highest BCUT2D eigenvalue weighted by atomic mass is 127. The van der Waals surface area contributed by atoms with E-state index in [4.69, 9.17) is 0 Å². The lowest BCUT2D eigenvalue weighted by atomic mass is 10.1. The highest BCUT2D eigenvalue weighted by molar-refractivity contribution is 14.1. The van der Waals surface area contributed by atoms with Crippen molar-refractivity contribution >= 4 is 60.1 Å². The summed E-state index contributed by atoms with van der Waals surface area (Å²) in [7, 11) is 0. The third-order valence-corrected chi connectivity index (χ3v) is 4.57. The minimum Gasteiger partial charge on any atom is -0.378 e. The molecule has 0 heterocycles. The number of nitrogens with one attached hydrogen (secondary N) is 1. The molecule has 4 heteroatoms. The summed E-state index contributed by atoms with van der Waals surface area (Å²) in [6.45, 7) is 2.16. The molecule has 0 spiro atoms. The van der Waals surface area contributed by atoms with Crippen molar-refractivity contribution in [3.63, 3.8) is 0 Å². The fourth-order valence-electron chi connectivity index (χ4n) is 1.68. The molecule has 0 radical (unpaired) electrons. The summed E-state index contributed by atoms with van der Waals surface area (Å²) in [5.41, 5.74) is 2.37. The number of anilines is 1. The monoisotopic (exact) mass is 479 g/mol. The van der Waals surface area contributed by atoms with Crippen molar-refractivity contribution in [2.24, 2.45) is 0 Å². The van der Waals surface area contributed by atoms with Crippen molar-refractivity contribution in [1.82, 2.24) is 0 Å². The molecule has 2 rings (SSSR count). The van der Waals surface area contributed by atoms with E-state index in [2.05, 4.69) is 97.0 Å². The van der Waals surface area contributed by atoms with E-state index in [1.54, 1.807) is 0 Å². The average Bonchev–Trinajstić information content (AvgIpc) is 2.34. The second kappa shape index (κ2) is 6.39. The van der Waals surface area contributed by atoms with E-state index in [0.717, 1.165) is 14.6 Å². The standard InChI is InChI=1S/C14H12Br2IN/c1-9(10-2-5-12(17)6-3-10)18-14-8-11(15)4-7-13(14)16/h2-9,18H,1H3. The predicted octanol–water partition coefficient (Wildman–Crippen LogP) is 5.99. The van der Waals surface area contributed by atoms with Gasteiger partial charge in [-0.2, -0.15) is 0 Å². The van der Waals surface area contributed by atoms with Crippen molar-refractivity contribution in [3.8, 4) is 0 Å². The van der Waals surface area contributed by atoms with Crippen molar-refractivity contribution in [2.75, 3.05) is 5.32 Å². The second-order valence-corrected chi connectivity index (χ2v) is 7.06. The van der Waals surface area contributed by atoms with Crippen LogP contribution in [0.1, 0.15) is 18.5 Å². The van der Waals surface area contributed by atoms with Gasteiger partial charge in [0.2, 0.25) is 0 Å². The molecular weight excluding hydrogens is 469 g/mol. The summed E-state index contributed by atoms with van der Waals surface area (Å²) in [5.74, 6) is 0. The van der Waals surface area contributed by atoms with E-state index in [1.165, 1.54) is 9.13 Å². The Bertz CT molecular complexity index is 540. The molecule has 0 fully saturated rings. The van der Waals surface area contributed by atoms with E-state index in [9.17, 15) is 0 Å². The molecule has 0 amide bonds. The number of rotatable bonds is 3. The van der Waals surface area contributed by atoms with Gasteiger partial charge in [-0.15, -0.1) is 0 Å². The zero-order valence-electron chi connectivity index (χ0n) is 9.75. The normalized spacial score (nSPS) is 12.2. The van der Waals surface area contributed by atoms with Crippen molar-refractivity contribution in [3.05, 3.63) is 60.5 Å². The van der Waals surface area contributed by atoms with E-state index in [-0.39, 0.29) is 6.04 Å². The maximum Gasteiger partial charge on any atom is 0.0500 e. The maximum absolute atomic E-state index is 3.56. The number of benzene rings is 2. The molecule has 1 nitrogen and oxygen atoms in total. The van der Waals surface area contributed by atoms with E-state index < -0.39 is 0 Å². The van der Waals surface area contributed by atoms with Crippen LogP contribution in [0.4, 0.5) is 5.69 Å². The second-order valence-electron chi connectivity index (χ2n) is 4.04. The van der Waals surface area contributed by atoms with Gasteiger partial charge in [-0.05, 0) is 81.3 Å². The number of hydrogen-bond acceptors (Lipinski definition) is 1. The summed E-state index contributed by atoms with van der Waals surface area (Å²) < 4.78 is 3.40. The van der Waals surface area contributed by atoms with Crippen LogP contribution in [-0.2, 0) is 0 Å². The lowest BCUT2D eigenvalue weighted by Gasteiger charge is -2.17. The van der Waals surface area contributed by atoms with Gasteiger partial charge in [0.1, 0.15) is 0 Å². The molecular formula is C14H12Br2IN. The fraction of sp³-hybridized carbons (Fsp3) is 0.143. The Morgan fingerprint density at radius 2 is 1.72 bits per heavy atom. The number of hydrogen-bond donors (Lipinski definition) is 1. The SMILES string of the molecule is CC(Nc1cc(Br)ccc1Br)c1ccc(I)cc1. The van der Waals surface area contributed by atoms with Crippen molar-refractivity contribution in [1.29, 1.82) is 0 Å². The largest absolute Gasteiger partial charge is 0.378 e. The van der Waals surface area contributed by atoms with Gasteiger partial charge in [-0.1, -0.05) is 28.1 Å². The molecule has 0 aromatic heterocycles. The van der Waals surface area contributed by atoms with Gasteiger partial charge in [0.05, 0.1) is 5.69 Å². The van der Waals surface area contributed by atoms with Crippen molar-refractivity contribution in [2.45, 2.75) is 13.0 Å². The summed E-state index contributed by atoms with van der Waals surface area (Å²) in [5, 5.41) is 3.51. The maximum atomic E-state index is 3.56. The molecule has 1 unspecified atom stereocenters. The van der Waals surface area contributed by atoms with Crippen LogP contribution < -0.4 is 5.32 Å². The molecule has 0 aliphatic rings. The first-order valence-electron chi connectivity index (χ1n) is 5.53. The van der Waals surface area contributed by atoms with E-state index in [1.807, 2.05) is 12.1 Å². The first-order valence-corrected chi connectivity index (χ1v) is 8.20. The van der Waals surface area contributed by atoms with Gasteiger partial charge in [0.25, 0.3) is 0 Å². The summed E-state index contributed by atoms with van der Waals surface area (Å²) in [6.07, 6.45) is 0. The highest BCUT2D eigenvalue weighted by Gasteiger charge is 2.07. The van der Waals surface area contributed by atoms with Gasteiger partial charge in [-0.3, -0.25) is 0 Å². The quantitative estimate of drug-likeness (QED) is 0.532. The molecule has 1 atom stereocenters. The highest BCUT2D eigenvalue weighted by Crippen LogP contribution is 2.29. The lowest BCUT2D eigenvalue weighted by molar-refractivity contribution is 0.883. The average molecular weight is 481 g/mol. The minimum atomic E-state index is 0.271. The molecule has 0 saturated heterocycles. The van der Waals surface area contributed by atoms with Crippen molar-refractivity contribution < 1.29 is 0 Å². The molecule has 1 N–H and O–H groups in total. The van der Waals surface area contributed by atoms with E-state index >= 15 is 0 Å². The topological polar surface area (TPSA) is 12.0 Å². The number of halogens is 3. The lowest BCUT2D eigenvalue weighted by Crippen LogP contribution is -2.07. The molecule has 0 bridgehead atoms. The summed E-state index contributed by atoms with van der Waals surface area (Å²) >= 11 is 9.37. The first-order chi connectivity index (χ1) is 8.56. The third kappa shape index (κ3) is 3.71. The predicted molar refractivity (Wildman–Crippen MR) is 93.0 cm³/mol. The van der Waals surface area contributed by atoms with Crippen LogP contribution >= 0.6 is 54.5 Å². The molecule has 94 valence electrons. The van der Waals surface area contributed by atoms with Crippen LogP contribution in [0, 0.1) is 3.57 Å². The molecule has 0 aliphatic heterocycles.